The number of anilines is 1. The highest BCUT2D eigenvalue weighted by Crippen LogP contribution is 2.34. The molecule has 0 saturated heterocycles. The van der Waals surface area contributed by atoms with Crippen LogP contribution in [0.1, 0.15) is 27.7 Å². The molecule has 2 aromatic heterocycles. The number of nitrogens with zero attached hydrogens (tertiary/aromatic N) is 2. The van der Waals surface area contributed by atoms with E-state index in [0.29, 0.717) is 27.8 Å². The molecule has 0 saturated carbocycles. The minimum absolute atomic E-state index is 0.0474. The van der Waals surface area contributed by atoms with Crippen LogP contribution in [0.2, 0.25) is 0 Å². The topological polar surface area (TPSA) is 104 Å². The Morgan fingerprint density at radius 3 is 2.73 bits per heavy atom. The number of nitrogens with one attached hydrogen (secondary N) is 1. The summed E-state index contributed by atoms with van der Waals surface area (Å²) in [5.41, 5.74) is 1.88. The molecule has 3 aromatic rings. The summed E-state index contributed by atoms with van der Waals surface area (Å²) in [7, 11) is 1.56. The second-order valence-electron chi connectivity index (χ2n) is 6.12. The molecule has 0 unspecified atom stereocenters. The molecule has 2 heterocycles. The number of thioether (sulfide) groups is 1. The first kappa shape index (κ1) is 21.8. The number of esters is 1. The van der Waals surface area contributed by atoms with Crippen molar-refractivity contribution in [1.82, 2.24) is 10.2 Å². The third-order valence-corrected chi connectivity index (χ3v) is 6.13. The third kappa shape index (κ3) is 4.82. The number of thiophene rings is 1. The number of ether oxygens (including phenoxy) is 2. The Labute approximate surface area is 182 Å². The van der Waals surface area contributed by atoms with Crippen LogP contribution in [0.3, 0.4) is 0 Å². The Hall–Kier alpha value is -2.85. The third-order valence-electron chi connectivity index (χ3n) is 4.19. The van der Waals surface area contributed by atoms with Crippen LogP contribution >= 0.6 is 23.1 Å². The van der Waals surface area contributed by atoms with Gasteiger partial charge in [0.15, 0.2) is 0 Å². The lowest BCUT2D eigenvalue weighted by Gasteiger charge is -2.06. The second kappa shape index (κ2) is 9.77. The van der Waals surface area contributed by atoms with Crippen molar-refractivity contribution in [3.8, 4) is 17.2 Å². The number of hydrogen-bond donors (Lipinski definition) is 1. The number of amides is 1. The summed E-state index contributed by atoms with van der Waals surface area (Å²) in [6, 6.07) is 7.30. The molecule has 0 bridgehead atoms. The first-order valence-corrected chi connectivity index (χ1v) is 10.9. The molecule has 0 aliphatic heterocycles. The zero-order chi connectivity index (χ0) is 21.7. The van der Waals surface area contributed by atoms with Crippen LogP contribution in [0, 0.1) is 13.8 Å². The second-order valence-corrected chi connectivity index (χ2v) is 8.27. The van der Waals surface area contributed by atoms with Gasteiger partial charge in [-0.15, -0.1) is 21.5 Å². The van der Waals surface area contributed by atoms with Crippen molar-refractivity contribution >= 4 is 40.0 Å². The zero-order valence-electron chi connectivity index (χ0n) is 17.0. The number of methoxy groups -OCH3 is 1. The average molecular weight is 448 g/mol. The van der Waals surface area contributed by atoms with Gasteiger partial charge in [-0.3, -0.25) is 4.79 Å². The van der Waals surface area contributed by atoms with Crippen molar-refractivity contribution in [3.05, 3.63) is 40.3 Å². The van der Waals surface area contributed by atoms with Gasteiger partial charge in [0.05, 0.1) is 30.6 Å². The van der Waals surface area contributed by atoms with Crippen LogP contribution in [0.4, 0.5) is 5.00 Å². The molecule has 8 nitrogen and oxygen atoms in total. The van der Waals surface area contributed by atoms with Crippen molar-refractivity contribution in [2.24, 2.45) is 0 Å². The zero-order valence-corrected chi connectivity index (χ0v) is 18.6. The van der Waals surface area contributed by atoms with Gasteiger partial charge in [0, 0.05) is 4.88 Å². The van der Waals surface area contributed by atoms with Crippen LogP contribution in [-0.4, -0.2) is 41.5 Å². The molecule has 1 aromatic carbocycles. The van der Waals surface area contributed by atoms with Crippen LogP contribution in [-0.2, 0) is 9.53 Å². The number of hydrogen-bond acceptors (Lipinski definition) is 9. The van der Waals surface area contributed by atoms with E-state index >= 15 is 0 Å². The first-order valence-electron chi connectivity index (χ1n) is 9.11. The lowest BCUT2D eigenvalue weighted by molar-refractivity contribution is -0.113. The lowest BCUT2D eigenvalue weighted by Crippen LogP contribution is -2.16. The normalized spacial score (nSPS) is 10.7. The highest BCUT2D eigenvalue weighted by atomic mass is 32.2. The predicted molar refractivity (Wildman–Crippen MR) is 115 cm³/mol. The van der Waals surface area contributed by atoms with Crippen LogP contribution < -0.4 is 10.1 Å². The molecule has 10 heteroatoms. The fraction of sp³-hybridized carbons (Fsp3) is 0.300. The molecule has 3 rings (SSSR count). The summed E-state index contributed by atoms with van der Waals surface area (Å²) in [6.45, 7) is 5.73. The van der Waals surface area contributed by atoms with Crippen molar-refractivity contribution in [1.29, 1.82) is 0 Å². The quantitative estimate of drug-likeness (QED) is 0.402. The Balaban J connectivity index is 1.66. The van der Waals surface area contributed by atoms with Gasteiger partial charge in [0.25, 0.3) is 11.1 Å². The van der Waals surface area contributed by atoms with Crippen molar-refractivity contribution in [2.45, 2.75) is 26.0 Å². The maximum absolute atomic E-state index is 12.4. The molecular weight excluding hydrogens is 426 g/mol. The van der Waals surface area contributed by atoms with Crippen LogP contribution in [0.25, 0.3) is 11.5 Å². The summed E-state index contributed by atoms with van der Waals surface area (Å²) >= 11 is 2.45. The van der Waals surface area contributed by atoms with E-state index in [2.05, 4.69) is 15.5 Å². The molecular formula is C20H21N3O5S2. The minimum atomic E-state index is -0.444. The Bertz CT molecular complexity index is 1060. The number of aromatic nitrogens is 2. The number of carbonyl (C=O) groups is 2. The van der Waals surface area contributed by atoms with E-state index in [1.165, 1.54) is 11.3 Å². The van der Waals surface area contributed by atoms with Crippen molar-refractivity contribution in [3.63, 3.8) is 0 Å². The standard InChI is InChI=1S/C20H21N3O5S2/c1-5-27-19(25)16-11(2)12(3)30-18(16)21-15(24)10-29-20-23-22-17(28-20)13-8-6-7-9-14(13)26-4/h6-9H,5,10H2,1-4H3,(H,21,24). The highest BCUT2D eigenvalue weighted by Gasteiger charge is 2.22. The molecule has 0 atom stereocenters. The van der Waals surface area contributed by atoms with E-state index in [9.17, 15) is 9.59 Å². The fourth-order valence-electron chi connectivity index (χ4n) is 2.65. The molecule has 0 aliphatic carbocycles. The summed E-state index contributed by atoms with van der Waals surface area (Å²) < 4.78 is 16.0. The molecule has 158 valence electrons. The van der Waals surface area contributed by atoms with Gasteiger partial charge >= 0.3 is 5.97 Å². The smallest absolute Gasteiger partial charge is 0.341 e. The minimum Gasteiger partial charge on any atom is -0.496 e. The fourth-order valence-corrected chi connectivity index (χ4v) is 4.28. The first-order chi connectivity index (χ1) is 14.4. The number of aryl methyl sites for hydroxylation is 1. The van der Waals surface area contributed by atoms with Crippen LogP contribution in [0.5, 0.6) is 5.75 Å². The van der Waals surface area contributed by atoms with E-state index in [1.807, 2.05) is 32.0 Å². The Kier molecular flexibility index (Phi) is 7.11. The van der Waals surface area contributed by atoms with Gasteiger partial charge in [-0.25, -0.2) is 4.79 Å². The monoisotopic (exact) mass is 447 g/mol. The predicted octanol–water partition coefficient (Wildman–Crippen LogP) is 4.33. The number of benzene rings is 1. The van der Waals surface area contributed by atoms with E-state index in [4.69, 9.17) is 13.9 Å². The van der Waals surface area contributed by atoms with Gasteiger partial charge < -0.3 is 19.2 Å². The molecule has 0 fully saturated rings. The SMILES string of the molecule is CCOC(=O)c1c(NC(=O)CSc2nnc(-c3ccccc3OC)o2)sc(C)c1C. The number of carbonyl (C=O) groups excluding carboxylic acids is 2. The number of rotatable bonds is 8. The van der Waals surface area contributed by atoms with E-state index in [0.717, 1.165) is 22.2 Å². The summed E-state index contributed by atoms with van der Waals surface area (Å²) in [4.78, 5) is 25.6. The van der Waals surface area contributed by atoms with Gasteiger partial charge in [0.2, 0.25) is 5.91 Å². The number of para-hydroxylation sites is 1. The van der Waals surface area contributed by atoms with Gasteiger partial charge in [0.1, 0.15) is 10.8 Å². The molecule has 1 N–H and O–H groups in total. The van der Waals surface area contributed by atoms with E-state index in [1.54, 1.807) is 20.1 Å². The van der Waals surface area contributed by atoms with Crippen molar-refractivity contribution < 1.29 is 23.5 Å². The summed E-state index contributed by atoms with van der Waals surface area (Å²) in [5.74, 6) is 0.241. The van der Waals surface area contributed by atoms with Crippen molar-refractivity contribution in [2.75, 3.05) is 24.8 Å². The van der Waals surface area contributed by atoms with E-state index < -0.39 is 5.97 Å². The maximum atomic E-state index is 12.4. The molecule has 0 spiro atoms. The van der Waals surface area contributed by atoms with Gasteiger partial charge in [-0.2, -0.15) is 0 Å². The summed E-state index contributed by atoms with van der Waals surface area (Å²) in [6.07, 6.45) is 0. The maximum Gasteiger partial charge on any atom is 0.341 e. The molecule has 0 radical (unpaired) electrons. The highest BCUT2D eigenvalue weighted by molar-refractivity contribution is 7.99. The molecule has 30 heavy (non-hydrogen) atoms. The lowest BCUT2D eigenvalue weighted by atomic mass is 10.1. The van der Waals surface area contributed by atoms with Gasteiger partial charge in [-0.05, 0) is 38.5 Å². The summed E-state index contributed by atoms with van der Waals surface area (Å²) in [5, 5.41) is 11.5. The largest absolute Gasteiger partial charge is 0.496 e. The molecule has 1 amide bonds. The van der Waals surface area contributed by atoms with Crippen LogP contribution in [0.15, 0.2) is 33.9 Å². The van der Waals surface area contributed by atoms with Gasteiger partial charge in [-0.1, -0.05) is 23.9 Å². The molecule has 0 aliphatic rings. The van der Waals surface area contributed by atoms with E-state index in [-0.39, 0.29) is 23.5 Å². The Morgan fingerprint density at radius 1 is 1.23 bits per heavy atom. The average Bonchev–Trinajstić information content (AvgIpc) is 3.31. The Morgan fingerprint density at radius 2 is 2.00 bits per heavy atom.